The smallest absolute Gasteiger partial charge is 0.145 e. The highest BCUT2D eigenvalue weighted by molar-refractivity contribution is 5.81. The van der Waals surface area contributed by atoms with Crippen LogP contribution in [0.25, 0.3) is 0 Å². The van der Waals surface area contributed by atoms with Gasteiger partial charge in [-0.3, -0.25) is 5.01 Å². The third kappa shape index (κ3) is 4.37. The Labute approximate surface area is 166 Å². The first-order valence-corrected chi connectivity index (χ1v) is 9.32. The molecule has 3 nitrogen and oxygen atoms in total. The minimum absolute atomic E-state index is 0.239. The summed E-state index contributed by atoms with van der Waals surface area (Å²) in [5.41, 5.74) is 7.52. The van der Waals surface area contributed by atoms with Gasteiger partial charge in [0.1, 0.15) is 5.82 Å². The molecule has 0 spiro atoms. The van der Waals surface area contributed by atoms with E-state index in [0.717, 1.165) is 28.2 Å². The molecule has 1 atom stereocenters. The topological polar surface area (TPSA) is 27.6 Å². The Balaban J connectivity index is 1.47. The summed E-state index contributed by atoms with van der Waals surface area (Å²) in [6.07, 6.45) is 4.00. The van der Waals surface area contributed by atoms with Gasteiger partial charge >= 0.3 is 0 Å². The van der Waals surface area contributed by atoms with E-state index in [4.69, 9.17) is 0 Å². The molecule has 136 valence electrons. The average molecular weight is 363 g/mol. The summed E-state index contributed by atoms with van der Waals surface area (Å²) in [5, 5.41) is 2.01. The number of para-hydroxylation sites is 1. The van der Waals surface area contributed by atoms with Crippen LogP contribution in [0.2, 0.25) is 0 Å². The van der Waals surface area contributed by atoms with Crippen LogP contribution in [-0.4, -0.2) is 12.3 Å². The van der Waals surface area contributed by atoms with Crippen molar-refractivity contribution in [3.8, 4) is 11.8 Å². The molecule has 3 aromatic rings. The SMILES string of the molecule is C[C@H]1C=C(N=Cc2ccc(C#Cc3ccccc3)cc2)N(c2ccccc2)N1. The number of hydrogen-bond acceptors (Lipinski definition) is 3. The highest BCUT2D eigenvalue weighted by Gasteiger charge is 2.20. The summed E-state index contributed by atoms with van der Waals surface area (Å²) in [4.78, 5) is 4.69. The molecule has 3 heteroatoms. The van der Waals surface area contributed by atoms with Crippen LogP contribution in [0.15, 0.2) is 102 Å². The molecule has 0 amide bonds. The minimum atomic E-state index is 0.239. The second kappa shape index (κ2) is 8.39. The molecule has 0 saturated carbocycles. The zero-order valence-corrected chi connectivity index (χ0v) is 15.7. The number of nitrogens with zero attached hydrogens (tertiary/aromatic N) is 2. The van der Waals surface area contributed by atoms with Crippen molar-refractivity contribution in [2.75, 3.05) is 5.01 Å². The van der Waals surface area contributed by atoms with Crippen molar-refractivity contribution in [1.82, 2.24) is 5.43 Å². The van der Waals surface area contributed by atoms with Crippen molar-refractivity contribution in [2.24, 2.45) is 4.99 Å². The van der Waals surface area contributed by atoms with Crippen molar-refractivity contribution >= 4 is 11.9 Å². The maximum Gasteiger partial charge on any atom is 0.145 e. The van der Waals surface area contributed by atoms with Gasteiger partial charge in [0.05, 0.1) is 5.69 Å². The van der Waals surface area contributed by atoms with Gasteiger partial charge in [-0.2, -0.15) is 0 Å². The van der Waals surface area contributed by atoms with Crippen molar-refractivity contribution in [3.05, 3.63) is 114 Å². The van der Waals surface area contributed by atoms with E-state index in [1.807, 2.05) is 84.0 Å². The number of hydrogen-bond donors (Lipinski definition) is 1. The van der Waals surface area contributed by atoms with Crippen molar-refractivity contribution in [3.63, 3.8) is 0 Å². The first-order valence-electron chi connectivity index (χ1n) is 9.32. The fourth-order valence-electron chi connectivity index (χ4n) is 2.95. The second-order valence-electron chi connectivity index (χ2n) is 6.61. The van der Waals surface area contributed by atoms with Gasteiger partial charge in [0, 0.05) is 23.4 Å². The van der Waals surface area contributed by atoms with Crippen LogP contribution in [0.4, 0.5) is 5.69 Å². The highest BCUT2D eigenvalue weighted by atomic mass is 15.6. The lowest BCUT2D eigenvalue weighted by molar-refractivity contribution is 0.673. The van der Waals surface area contributed by atoms with Crippen LogP contribution in [-0.2, 0) is 0 Å². The average Bonchev–Trinajstić information content (AvgIpc) is 3.13. The first-order chi connectivity index (χ1) is 13.8. The summed E-state index contributed by atoms with van der Waals surface area (Å²) in [6.45, 7) is 2.11. The molecule has 4 rings (SSSR count). The number of rotatable bonds is 3. The molecule has 0 aliphatic carbocycles. The van der Waals surface area contributed by atoms with Crippen LogP contribution >= 0.6 is 0 Å². The largest absolute Gasteiger partial charge is 0.259 e. The van der Waals surface area contributed by atoms with Crippen LogP contribution in [0, 0.1) is 11.8 Å². The molecule has 1 heterocycles. The molecule has 0 unspecified atom stereocenters. The molecule has 0 saturated heterocycles. The Hall–Kier alpha value is -3.61. The van der Waals surface area contributed by atoms with Gasteiger partial charge in [-0.05, 0) is 55.0 Å². The Bertz CT molecular complexity index is 1040. The molecule has 0 bridgehead atoms. The molecular formula is C25H21N3. The van der Waals surface area contributed by atoms with Crippen LogP contribution < -0.4 is 10.4 Å². The van der Waals surface area contributed by atoms with Gasteiger partial charge in [-0.25, -0.2) is 10.4 Å². The van der Waals surface area contributed by atoms with Crippen molar-refractivity contribution in [2.45, 2.75) is 13.0 Å². The Kier molecular flexibility index (Phi) is 5.33. The minimum Gasteiger partial charge on any atom is -0.259 e. The normalized spacial score (nSPS) is 16.0. The molecule has 1 aliphatic heterocycles. The van der Waals surface area contributed by atoms with Gasteiger partial charge in [0.25, 0.3) is 0 Å². The van der Waals surface area contributed by atoms with E-state index in [1.54, 1.807) is 0 Å². The molecular weight excluding hydrogens is 342 g/mol. The number of hydrazine groups is 1. The van der Waals surface area contributed by atoms with E-state index < -0.39 is 0 Å². The predicted octanol–water partition coefficient (Wildman–Crippen LogP) is 4.76. The standard InChI is InChI=1S/C25H21N3/c1-20-18-25(28(27-20)24-10-6-3-7-11-24)26-19-23-16-14-22(15-17-23)13-12-21-8-4-2-5-9-21/h2-11,14-20,27H,1H3/t20-/m0/s1. The van der Waals surface area contributed by atoms with E-state index in [0.29, 0.717) is 0 Å². The predicted molar refractivity (Wildman–Crippen MR) is 116 cm³/mol. The third-order valence-corrected chi connectivity index (χ3v) is 4.36. The fraction of sp³-hybridized carbons (Fsp3) is 0.0800. The Morgan fingerprint density at radius 2 is 1.43 bits per heavy atom. The first kappa shape index (κ1) is 17.8. The Morgan fingerprint density at radius 3 is 2.11 bits per heavy atom. The lowest BCUT2D eigenvalue weighted by atomic mass is 10.1. The molecule has 1 aliphatic rings. The van der Waals surface area contributed by atoms with Crippen LogP contribution in [0.3, 0.4) is 0 Å². The molecule has 28 heavy (non-hydrogen) atoms. The number of nitrogens with one attached hydrogen (secondary N) is 1. The monoisotopic (exact) mass is 363 g/mol. The lowest BCUT2D eigenvalue weighted by Crippen LogP contribution is -2.35. The quantitative estimate of drug-likeness (QED) is 0.537. The van der Waals surface area contributed by atoms with Crippen LogP contribution in [0.1, 0.15) is 23.6 Å². The highest BCUT2D eigenvalue weighted by Crippen LogP contribution is 2.22. The molecule has 0 fully saturated rings. The van der Waals surface area contributed by atoms with E-state index in [9.17, 15) is 0 Å². The van der Waals surface area contributed by atoms with E-state index in [-0.39, 0.29) is 6.04 Å². The number of aliphatic imine (C=N–C) groups is 1. The lowest BCUT2D eigenvalue weighted by Gasteiger charge is -2.20. The summed E-state index contributed by atoms with van der Waals surface area (Å²) in [7, 11) is 0. The number of anilines is 1. The molecule has 3 aromatic carbocycles. The van der Waals surface area contributed by atoms with Crippen molar-refractivity contribution in [1.29, 1.82) is 0 Å². The summed E-state index contributed by atoms with van der Waals surface area (Å²) in [6, 6.07) is 28.6. The maximum atomic E-state index is 4.69. The van der Waals surface area contributed by atoms with E-state index >= 15 is 0 Å². The van der Waals surface area contributed by atoms with Crippen molar-refractivity contribution < 1.29 is 0 Å². The van der Waals surface area contributed by atoms with Gasteiger partial charge in [0.2, 0.25) is 0 Å². The maximum absolute atomic E-state index is 4.69. The fourth-order valence-corrected chi connectivity index (χ4v) is 2.95. The third-order valence-electron chi connectivity index (χ3n) is 4.36. The Morgan fingerprint density at radius 1 is 0.821 bits per heavy atom. The molecule has 0 aromatic heterocycles. The van der Waals surface area contributed by atoms with E-state index in [2.05, 4.69) is 47.4 Å². The van der Waals surface area contributed by atoms with Crippen LogP contribution in [0.5, 0.6) is 0 Å². The molecule has 0 radical (unpaired) electrons. The van der Waals surface area contributed by atoms with Gasteiger partial charge in [0.15, 0.2) is 0 Å². The van der Waals surface area contributed by atoms with Gasteiger partial charge in [-0.1, -0.05) is 60.4 Å². The summed E-state index contributed by atoms with van der Waals surface area (Å²) < 4.78 is 0. The van der Waals surface area contributed by atoms with E-state index in [1.165, 1.54) is 0 Å². The summed E-state index contributed by atoms with van der Waals surface area (Å²) >= 11 is 0. The van der Waals surface area contributed by atoms with Gasteiger partial charge in [-0.15, -0.1) is 0 Å². The zero-order chi connectivity index (χ0) is 19.2. The molecule has 1 N–H and O–H groups in total. The van der Waals surface area contributed by atoms with Gasteiger partial charge < -0.3 is 0 Å². The number of benzene rings is 3. The zero-order valence-electron chi connectivity index (χ0n) is 15.7. The summed E-state index contributed by atoms with van der Waals surface area (Å²) in [5.74, 6) is 7.27. The second-order valence-corrected chi connectivity index (χ2v) is 6.61.